The highest BCUT2D eigenvalue weighted by atomic mass is 35.5. The van der Waals surface area contributed by atoms with Gasteiger partial charge in [0.1, 0.15) is 6.10 Å². The molecule has 0 aromatic heterocycles. The van der Waals surface area contributed by atoms with Gasteiger partial charge in [0.25, 0.3) is 5.91 Å². The maximum Gasteiger partial charge on any atom is 0.250 e. The molecule has 1 aliphatic rings. The number of hydrogen-bond donors (Lipinski definition) is 2. The van der Waals surface area contributed by atoms with Gasteiger partial charge in [-0.1, -0.05) is 30.3 Å². The van der Waals surface area contributed by atoms with Crippen LogP contribution in [0.1, 0.15) is 12.5 Å². The quantitative estimate of drug-likeness (QED) is 0.815. The average molecular weight is 376 g/mol. The summed E-state index contributed by atoms with van der Waals surface area (Å²) in [5.41, 5.74) is 3.39. The highest BCUT2D eigenvalue weighted by Crippen LogP contribution is 2.24. The van der Waals surface area contributed by atoms with Gasteiger partial charge in [0, 0.05) is 37.6 Å². The van der Waals surface area contributed by atoms with Gasteiger partial charge >= 0.3 is 0 Å². The Kier molecular flexibility index (Phi) is 7.91. The number of hydrogen-bond acceptors (Lipinski definition) is 4. The average Bonchev–Trinajstić information content (AvgIpc) is 2.69. The van der Waals surface area contributed by atoms with Crippen molar-refractivity contribution in [3.8, 4) is 0 Å². The molecular weight excluding hydrogens is 350 g/mol. The van der Waals surface area contributed by atoms with Crippen molar-refractivity contribution < 1.29 is 9.53 Å². The fourth-order valence-electron chi connectivity index (χ4n) is 2.95. The van der Waals surface area contributed by atoms with Crippen LogP contribution in [0.2, 0.25) is 0 Å². The summed E-state index contributed by atoms with van der Waals surface area (Å²) in [4.78, 5) is 14.3. The standard InChI is InChI=1S/C20H25N3O2.ClH/c1-2-23(17-6-4-3-5-7-17)18-10-8-16(9-11-18)14-22-20(24)19-15-21-12-13-25-19;/h3-11,19,21H,2,12-15H2,1H3,(H,22,24);1H. The van der Waals surface area contributed by atoms with Crippen molar-refractivity contribution in [2.75, 3.05) is 31.1 Å². The van der Waals surface area contributed by atoms with Gasteiger partial charge in [-0.15, -0.1) is 12.4 Å². The zero-order valence-electron chi connectivity index (χ0n) is 15.0. The van der Waals surface area contributed by atoms with Gasteiger partial charge < -0.3 is 20.3 Å². The van der Waals surface area contributed by atoms with Crippen LogP contribution < -0.4 is 15.5 Å². The maximum atomic E-state index is 12.1. The number of benzene rings is 2. The van der Waals surface area contributed by atoms with Crippen molar-refractivity contribution in [1.82, 2.24) is 10.6 Å². The number of morpholine rings is 1. The summed E-state index contributed by atoms with van der Waals surface area (Å²) in [5.74, 6) is -0.0595. The Morgan fingerprint density at radius 1 is 1.15 bits per heavy atom. The lowest BCUT2D eigenvalue weighted by molar-refractivity contribution is -0.134. The van der Waals surface area contributed by atoms with Crippen LogP contribution >= 0.6 is 12.4 Å². The van der Waals surface area contributed by atoms with Gasteiger partial charge in [0.05, 0.1) is 6.61 Å². The normalized spacial score (nSPS) is 16.4. The van der Waals surface area contributed by atoms with E-state index < -0.39 is 0 Å². The van der Waals surface area contributed by atoms with E-state index in [4.69, 9.17) is 4.74 Å². The number of rotatable bonds is 6. The minimum absolute atomic E-state index is 0. The van der Waals surface area contributed by atoms with E-state index in [2.05, 4.69) is 58.9 Å². The number of halogens is 1. The maximum absolute atomic E-state index is 12.1. The Morgan fingerprint density at radius 2 is 1.85 bits per heavy atom. The molecule has 2 aromatic carbocycles. The summed E-state index contributed by atoms with van der Waals surface area (Å²) in [5, 5.41) is 6.11. The number of nitrogens with zero attached hydrogens (tertiary/aromatic N) is 1. The number of para-hydroxylation sites is 1. The number of nitrogens with one attached hydrogen (secondary N) is 2. The second-order valence-corrected chi connectivity index (χ2v) is 6.03. The molecule has 1 heterocycles. The predicted molar refractivity (Wildman–Crippen MR) is 107 cm³/mol. The zero-order chi connectivity index (χ0) is 17.5. The number of ether oxygens (including phenoxy) is 1. The molecule has 140 valence electrons. The third kappa shape index (κ3) is 5.21. The lowest BCUT2D eigenvalue weighted by Crippen LogP contribution is -2.47. The first kappa shape index (κ1) is 20.2. The van der Waals surface area contributed by atoms with E-state index >= 15 is 0 Å². The van der Waals surface area contributed by atoms with Crippen LogP contribution in [0.5, 0.6) is 0 Å². The Morgan fingerprint density at radius 3 is 2.46 bits per heavy atom. The molecule has 1 atom stereocenters. The van der Waals surface area contributed by atoms with Crippen molar-refractivity contribution in [1.29, 1.82) is 0 Å². The molecule has 5 nitrogen and oxygen atoms in total. The highest BCUT2D eigenvalue weighted by molar-refractivity contribution is 5.85. The molecule has 0 aliphatic carbocycles. The second kappa shape index (κ2) is 10.2. The van der Waals surface area contributed by atoms with Crippen LogP contribution in [-0.4, -0.2) is 38.3 Å². The van der Waals surface area contributed by atoms with Crippen LogP contribution in [0.4, 0.5) is 11.4 Å². The molecule has 0 saturated carbocycles. The molecule has 1 saturated heterocycles. The van der Waals surface area contributed by atoms with Gasteiger partial charge in [0.2, 0.25) is 0 Å². The Labute approximate surface area is 161 Å². The lowest BCUT2D eigenvalue weighted by Gasteiger charge is -2.24. The molecule has 1 fully saturated rings. The molecule has 1 amide bonds. The van der Waals surface area contributed by atoms with E-state index in [1.807, 2.05) is 18.2 Å². The van der Waals surface area contributed by atoms with Gasteiger partial charge in [0.15, 0.2) is 0 Å². The van der Waals surface area contributed by atoms with Crippen molar-refractivity contribution in [2.45, 2.75) is 19.6 Å². The molecule has 1 aliphatic heterocycles. The fourth-order valence-corrected chi connectivity index (χ4v) is 2.95. The summed E-state index contributed by atoms with van der Waals surface area (Å²) >= 11 is 0. The summed E-state index contributed by atoms with van der Waals surface area (Å²) in [6, 6.07) is 18.6. The van der Waals surface area contributed by atoms with Crippen LogP contribution in [-0.2, 0) is 16.1 Å². The topological polar surface area (TPSA) is 53.6 Å². The van der Waals surface area contributed by atoms with Crippen LogP contribution in [0.15, 0.2) is 54.6 Å². The first-order valence-corrected chi connectivity index (χ1v) is 8.79. The van der Waals surface area contributed by atoms with Crippen molar-refractivity contribution in [3.05, 3.63) is 60.2 Å². The van der Waals surface area contributed by atoms with E-state index in [0.717, 1.165) is 24.3 Å². The van der Waals surface area contributed by atoms with E-state index in [1.54, 1.807) is 0 Å². The smallest absolute Gasteiger partial charge is 0.250 e. The van der Waals surface area contributed by atoms with Crippen LogP contribution in [0, 0.1) is 0 Å². The van der Waals surface area contributed by atoms with Crippen LogP contribution in [0.25, 0.3) is 0 Å². The summed E-state index contributed by atoms with van der Waals surface area (Å²) in [7, 11) is 0. The van der Waals surface area contributed by atoms with Gasteiger partial charge in [-0.3, -0.25) is 4.79 Å². The summed E-state index contributed by atoms with van der Waals surface area (Å²) < 4.78 is 5.46. The summed E-state index contributed by atoms with van der Waals surface area (Å²) in [6.45, 7) is 5.51. The molecule has 2 aromatic rings. The SMILES string of the molecule is CCN(c1ccccc1)c1ccc(CNC(=O)C2CNCCO2)cc1.Cl. The fraction of sp³-hybridized carbons (Fsp3) is 0.350. The molecule has 2 N–H and O–H groups in total. The molecular formula is C20H26ClN3O2. The Hall–Kier alpha value is -2.08. The molecule has 1 unspecified atom stereocenters. The molecule has 0 bridgehead atoms. The third-order valence-electron chi connectivity index (χ3n) is 4.32. The van der Waals surface area contributed by atoms with Crippen LogP contribution in [0.3, 0.4) is 0 Å². The molecule has 26 heavy (non-hydrogen) atoms. The third-order valence-corrected chi connectivity index (χ3v) is 4.32. The molecule has 0 spiro atoms. The first-order chi connectivity index (χ1) is 12.3. The van der Waals surface area contributed by atoms with Gasteiger partial charge in [-0.05, 0) is 36.8 Å². The van der Waals surface area contributed by atoms with Gasteiger partial charge in [-0.25, -0.2) is 0 Å². The second-order valence-electron chi connectivity index (χ2n) is 6.03. The summed E-state index contributed by atoms with van der Waals surface area (Å²) in [6.07, 6.45) is -0.387. The zero-order valence-corrected chi connectivity index (χ0v) is 15.8. The molecule has 3 rings (SSSR count). The van der Waals surface area contributed by atoms with E-state index in [0.29, 0.717) is 19.7 Å². The lowest BCUT2D eigenvalue weighted by atomic mass is 10.1. The Balaban J connectivity index is 0.00000243. The van der Waals surface area contributed by atoms with Gasteiger partial charge in [-0.2, -0.15) is 0 Å². The number of carbonyl (C=O) groups is 1. The minimum atomic E-state index is -0.387. The van der Waals surface area contributed by atoms with Crippen molar-refractivity contribution in [2.24, 2.45) is 0 Å². The Bertz CT molecular complexity index is 673. The van der Waals surface area contributed by atoms with E-state index in [9.17, 15) is 4.79 Å². The largest absolute Gasteiger partial charge is 0.366 e. The molecule has 0 radical (unpaired) electrons. The highest BCUT2D eigenvalue weighted by Gasteiger charge is 2.21. The van der Waals surface area contributed by atoms with Crippen molar-refractivity contribution in [3.63, 3.8) is 0 Å². The monoisotopic (exact) mass is 375 g/mol. The number of anilines is 2. The number of amides is 1. The predicted octanol–water partition coefficient (Wildman–Crippen LogP) is 2.87. The minimum Gasteiger partial charge on any atom is -0.366 e. The van der Waals surface area contributed by atoms with E-state index in [-0.39, 0.29) is 24.4 Å². The first-order valence-electron chi connectivity index (χ1n) is 8.79. The van der Waals surface area contributed by atoms with Crippen molar-refractivity contribution >= 4 is 29.7 Å². The molecule has 6 heteroatoms. The number of carbonyl (C=O) groups excluding carboxylic acids is 1. The van der Waals surface area contributed by atoms with E-state index in [1.165, 1.54) is 5.69 Å².